The SMILES string of the molecule is CN1CCCc2cc3c(cc21)OCCC3CC(=O)O. The Morgan fingerprint density at radius 3 is 3.16 bits per heavy atom. The number of carboxylic acids is 1. The van der Waals surface area contributed by atoms with Crippen molar-refractivity contribution < 1.29 is 14.6 Å². The molecule has 1 N–H and O–H groups in total. The summed E-state index contributed by atoms with van der Waals surface area (Å²) in [6.45, 7) is 1.69. The van der Waals surface area contributed by atoms with Crippen LogP contribution in [0, 0.1) is 0 Å². The van der Waals surface area contributed by atoms with Crippen LogP contribution in [0.25, 0.3) is 0 Å². The molecule has 0 spiro atoms. The quantitative estimate of drug-likeness (QED) is 0.888. The molecule has 19 heavy (non-hydrogen) atoms. The Morgan fingerprint density at radius 2 is 2.37 bits per heavy atom. The van der Waals surface area contributed by atoms with Crippen molar-refractivity contribution in [2.45, 2.75) is 31.6 Å². The zero-order valence-corrected chi connectivity index (χ0v) is 11.2. The van der Waals surface area contributed by atoms with Crippen LogP contribution in [0.15, 0.2) is 12.1 Å². The molecule has 102 valence electrons. The van der Waals surface area contributed by atoms with Gasteiger partial charge in [0, 0.05) is 31.3 Å². The molecular weight excluding hydrogens is 242 g/mol. The maximum absolute atomic E-state index is 11.0. The fraction of sp³-hybridized carbons (Fsp3) is 0.533. The normalized spacial score (nSPS) is 21.3. The molecule has 0 aliphatic carbocycles. The Labute approximate surface area is 113 Å². The summed E-state index contributed by atoms with van der Waals surface area (Å²) in [7, 11) is 2.10. The molecule has 1 atom stereocenters. The number of hydrogen-bond donors (Lipinski definition) is 1. The van der Waals surface area contributed by atoms with E-state index in [2.05, 4.69) is 24.1 Å². The number of ether oxygens (including phenoxy) is 1. The number of carbonyl (C=O) groups is 1. The summed E-state index contributed by atoms with van der Waals surface area (Å²) in [4.78, 5) is 13.2. The molecule has 1 aromatic carbocycles. The molecule has 3 rings (SSSR count). The molecule has 1 unspecified atom stereocenters. The fourth-order valence-electron chi connectivity index (χ4n) is 3.15. The molecule has 0 saturated carbocycles. The summed E-state index contributed by atoms with van der Waals surface area (Å²) in [5.41, 5.74) is 3.65. The van der Waals surface area contributed by atoms with E-state index >= 15 is 0 Å². The summed E-state index contributed by atoms with van der Waals surface area (Å²) in [5, 5.41) is 9.02. The Hall–Kier alpha value is -1.71. The fourth-order valence-corrected chi connectivity index (χ4v) is 3.15. The van der Waals surface area contributed by atoms with Gasteiger partial charge < -0.3 is 14.7 Å². The molecule has 0 fully saturated rings. The number of anilines is 1. The average Bonchev–Trinajstić information content (AvgIpc) is 2.37. The molecule has 0 aromatic heterocycles. The van der Waals surface area contributed by atoms with Crippen molar-refractivity contribution in [2.24, 2.45) is 0 Å². The third-order valence-corrected chi connectivity index (χ3v) is 4.15. The summed E-state index contributed by atoms with van der Waals surface area (Å²) in [6.07, 6.45) is 3.23. The smallest absolute Gasteiger partial charge is 0.303 e. The second kappa shape index (κ2) is 4.76. The van der Waals surface area contributed by atoms with E-state index in [9.17, 15) is 4.79 Å². The number of aliphatic carboxylic acids is 1. The number of fused-ring (bicyclic) bond motifs is 2. The molecule has 0 saturated heterocycles. The van der Waals surface area contributed by atoms with Gasteiger partial charge in [0.05, 0.1) is 13.0 Å². The van der Waals surface area contributed by atoms with Crippen molar-refractivity contribution >= 4 is 11.7 Å². The lowest BCUT2D eigenvalue weighted by Gasteiger charge is -2.32. The predicted molar refractivity (Wildman–Crippen MR) is 73.1 cm³/mol. The van der Waals surface area contributed by atoms with Gasteiger partial charge >= 0.3 is 5.97 Å². The lowest BCUT2D eigenvalue weighted by molar-refractivity contribution is -0.137. The molecule has 2 aliphatic heterocycles. The van der Waals surface area contributed by atoms with E-state index in [1.165, 1.54) is 11.3 Å². The van der Waals surface area contributed by atoms with Crippen LogP contribution < -0.4 is 9.64 Å². The maximum Gasteiger partial charge on any atom is 0.303 e. The second-order valence-electron chi connectivity index (χ2n) is 5.48. The van der Waals surface area contributed by atoms with Gasteiger partial charge in [0.1, 0.15) is 5.75 Å². The van der Waals surface area contributed by atoms with E-state index in [1.807, 2.05) is 0 Å². The Kier molecular flexibility index (Phi) is 3.09. The van der Waals surface area contributed by atoms with E-state index in [0.717, 1.165) is 37.1 Å². The summed E-state index contributed by atoms with van der Waals surface area (Å²) in [5.74, 6) is 0.247. The molecule has 2 heterocycles. The standard InChI is InChI=1S/C15H19NO3/c1-16-5-2-3-11-7-12-10(8-15(17)18)4-6-19-14(12)9-13(11)16/h7,9-10H,2-6,8H2,1H3,(H,17,18). The molecule has 2 aliphatic rings. The highest BCUT2D eigenvalue weighted by molar-refractivity contribution is 5.69. The lowest BCUT2D eigenvalue weighted by Crippen LogP contribution is -2.26. The first-order chi connectivity index (χ1) is 9.15. The van der Waals surface area contributed by atoms with Gasteiger partial charge in [0.2, 0.25) is 0 Å². The van der Waals surface area contributed by atoms with Gasteiger partial charge in [-0.2, -0.15) is 0 Å². The molecular formula is C15H19NO3. The summed E-state index contributed by atoms with van der Waals surface area (Å²) in [6, 6.07) is 4.27. The first-order valence-corrected chi connectivity index (χ1v) is 6.87. The van der Waals surface area contributed by atoms with Gasteiger partial charge in [-0.15, -0.1) is 0 Å². The molecule has 0 radical (unpaired) electrons. The van der Waals surface area contributed by atoms with E-state index in [1.54, 1.807) is 0 Å². The van der Waals surface area contributed by atoms with Crippen molar-refractivity contribution in [3.8, 4) is 5.75 Å². The number of carboxylic acid groups (broad SMARTS) is 1. The number of nitrogens with zero attached hydrogens (tertiary/aromatic N) is 1. The van der Waals surface area contributed by atoms with Gasteiger partial charge in [0.25, 0.3) is 0 Å². The molecule has 1 aromatic rings. The van der Waals surface area contributed by atoms with Crippen molar-refractivity contribution in [3.63, 3.8) is 0 Å². The Bertz CT molecular complexity index is 512. The van der Waals surface area contributed by atoms with Crippen LogP contribution in [0.5, 0.6) is 5.75 Å². The molecule has 4 nitrogen and oxygen atoms in total. The van der Waals surface area contributed by atoms with E-state index < -0.39 is 5.97 Å². The second-order valence-corrected chi connectivity index (χ2v) is 5.48. The van der Waals surface area contributed by atoms with Crippen molar-refractivity contribution in [1.82, 2.24) is 0 Å². The Morgan fingerprint density at radius 1 is 1.53 bits per heavy atom. The van der Waals surface area contributed by atoms with E-state index in [-0.39, 0.29) is 12.3 Å². The van der Waals surface area contributed by atoms with Gasteiger partial charge in [-0.05, 0) is 36.5 Å². The molecule has 0 bridgehead atoms. The van der Waals surface area contributed by atoms with Gasteiger partial charge in [-0.25, -0.2) is 0 Å². The zero-order valence-electron chi connectivity index (χ0n) is 11.2. The zero-order chi connectivity index (χ0) is 13.4. The minimum Gasteiger partial charge on any atom is -0.493 e. The van der Waals surface area contributed by atoms with Gasteiger partial charge in [0.15, 0.2) is 0 Å². The maximum atomic E-state index is 11.0. The van der Waals surface area contributed by atoms with Crippen LogP contribution in [-0.2, 0) is 11.2 Å². The predicted octanol–water partition coefficient (Wildman–Crippen LogP) is 2.41. The monoisotopic (exact) mass is 261 g/mol. The lowest BCUT2D eigenvalue weighted by atomic mass is 9.87. The van der Waals surface area contributed by atoms with Crippen LogP contribution in [0.3, 0.4) is 0 Å². The number of aryl methyl sites for hydroxylation is 1. The van der Waals surface area contributed by atoms with Crippen LogP contribution in [0.4, 0.5) is 5.69 Å². The minimum atomic E-state index is -0.729. The largest absolute Gasteiger partial charge is 0.493 e. The molecule has 4 heteroatoms. The minimum absolute atomic E-state index is 0.0961. The third kappa shape index (κ3) is 2.27. The summed E-state index contributed by atoms with van der Waals surface area (Å²) < 4.78 is 5.73. The van der Waals surface area contributed by atoms with Crippen molar-refractivity contribution in [2.75, 3.05) is 25.1 Å². The van der Waals surface area contributed by atoms with Gasteiger partial charge in [-0.1, -0.05) is 0 Å². The van der Waals surface area contributed by atoms with Gasteiger partial charge in [-0.3, -0.25) is 4.79 Å². The van der Waals surface area contributed by atoms with Crippen LogP contribution >= 0.6 is 0 Å². The van der Waals surface area contributed by atoms with E-state index in [0.29, 0.717) is 6.61 Å². The highest BCUT2D eigenvalue weighted by atomic mass is 16.5. The van der Waals surface area contributed by atoms with Crippen molar-refractivity contribution in [3.05, 3.63) is 23.3 Å². The average molecular weight is 261 g/mol. The first kappa shape index (κ1) is 12.3. The van der Waals surface area contributed by atoms with Crippen LogP contribution in [-0.4, -0.2) is 31.3 Å². The number of benzene rings is 1. The highest BCUT2D eigenvalue weighted by Crippen LogP contribution is 2.41. The van der Waals surface area contributed by atoms with Crippen LogP contribution in [0.2, 0.25) is 0 Å². The van der Waals surface area contributed by atoms with Crippen molar-refractivity contribution in [1.29, 1.82) is 0 Å². The number of hydrogen-bond acceptors (Lipinski definition) is 3. The topological polar surface area (TPSA) is 49.8 Å². The van der Waals surface area contributed by atoms with E-state index in [4.69, 9.17) is 9.84 Å². The Balaban J connectivity index is 2.00. The summed E-state index contributed by atoms with van der Waals surface area (Å²) >= 11 is 0. The van der Waals surface area contributed by atoms with Crippen LogP contribution in [0.1, 0.15) is 36.3 Å². The third-order valence-electron chi connectivity index (χ3n) is 4.15. The number of rotatable bonds is 2. The first-order valence-electron chi connectivity index (χ1n) is 6.87. The highest BCUT2D eigenvalue weighted by Gasteiger charge is 2.26. The molecule has 0 amide bonds.